The molecular weight excluding hydrogens is 274 g/mol. The van der Waals surface area contributed by atoms with E-state index >= 15 is 0 Å². The van der Waals surface area contributed by atoms with Gasteiger partial charge in [0.05, 0.1) is 0 Å². The Kier molecular flexibility index (Phi) is 4.34. The van der Waals surface area contributed by atoms with E-state index in [1.165, 1.54) is 10.9 Å². The van der Waals surface area contributed by atoms with Gasteiger partial charge in [-0.25, -0.2) is 0 Å². The van der Waals surface area contributed by atoms with Gasteiger partial charge in [0.1, 0.15) is 52.6 Å². The second-order valence-corrected chi connectivity index (χ2v) is 6.77. The predicted molar refractivity (Wildman–Crippen MR) is 108 cm³/mol. The molecule has 2 N–H and O–H groups in total. The summed E-state index contributed by atoms with van der Waals surface area (Å²) in [6, 6.07) is 0. The molecule has 9 heteroatoms. The van der Waals surface area contributed by atoms with Gasteiger partial charge in [-0.3, -0.25) is 4.79 Å². The average Bonchev–Trinajstić information content (AvgIpc) is 2.45. The van der Waals surface area contributed by atoms with Gasteiger partial charge in [0, 0.05) is 5.02 Å². The Morgan fingerprint density at radius 1 is 0.952 bits per heavy atom. The van der Waals surface area contributed by atoms with Gasteiger partial charge >= 0.3 is 0 Å². The number of hydrogen-bond donors (Lipinski definition) is 1. The third-order valence-corrected chi connectivity index (χ3v) is 5.81. The zero-order valence-electron chi connectivity index (χ0n) is 13.8. The molecule has 1 aromatic carbocycles. The molecular formula is C12H18B6ClNO. The lowest BCUT2D eigenvalue weighted by molar-refractivity contribution is -0.120. The van der Waals surface area contributed by atoms with Crippen molar-refractivity contribution in [3.05, 3.63) is 21.5 Å². The maximum absolute atomic E-state index is 12.8. The van der Waals surface area contributed by atoms with Crippen LogP contribution in [0.2, 0.25) is 5.02 Å². The quantitative estimate of drug-likeness (QED) is 0.523. The normalized spacial score (nSPS) is 22.7. The smallest absolute Gasteiger partial charge is 0.172 e. The van der Waals surface area contributed by atoms with E-state index in [4.69, 9.17) is 17.3 Å². The Balaban J connectivity index is 2.76. The number of nitrogens with two attached hydrogens (primary N) is 1. The van der Waals surface area contributed by atoms with Gasteiger partial charge in [0.25, 0.3) is 0 Å². The number of hydrogen-bond acceptors (Lipinski definition) is 2. The largest absolute Gasteiger partial charge is 0.315 e. The van der Waals surface area contributed by atoms with E-state index < -0.39 is 5.54 Å². The lowest BCUT2D eigenvalue weighted by Gasteiger charge is -2.37. The second kappa shape index (κ2) is 5.48. The Bertz CT molecular complexity index is 660. The Hall–Kier alpha value is -0.730. The summed E-state index contributed by atoms with van der Waals surface area (Å²) in [5, 5.41) is 0.652. The minimum atomic E-state index is -0.992. The monoisotopic (exact) mass is 293 g/mol. The number of benzene rings is 1. The predicted octanol–water partition coefficient (Wildman–Crippen LogP) is -6.63. The van der Waals surface area contributed by atoms with Crippen molar-refractivity contribution in [1.29, 1.82) is 0 Å². The van der Waals surface area contributed by atoms with Gasteiger partial charge in [-0.1, -0.05) is 28.0 Å². The van der Waals surface area contributed by atoms with Crippen molar-refractivity contribution in [3.63, 3.8) is 0 Å². The molecule has 0 spiro atoms. The van der Waals surface area contributed by atoms with Crippen LogP contribution in [0.15, 0.2) is 10.9 Å². The molecule has 0 heterocycles. The number of halogens is 1. The summed E-state index contributed by atoms with van der Waals surface area (Å²) in [5.74, 6) is 0.0129. The highest BCUT2D eigenvalue weighted by Gasteiger charge is 2.42. The Labute approximate surface area is 137 Å². The number of ketones is 1. The fourth-order valence-corrected chi connectivity index (χ4v) is 3.70. The third kappa shape index (κ3) is 2.37. The minimum absolute atomic E-state index is 0.0129. The Morgan fingerprint density at radius 3 is 2.05 bits per heavy atom. The van der Waals surface area contributed by atoms with Gasteiger partial charge in [-0.15, -0.1) is 16.4 Å². The van der Waals surface area contributed by atoms with E-state index in [1.807, 2.05) is 31.4 Å². The van der Waals surface area contributed by atoms with Crippen LogP contribution in [0.5, 0.6) is 0 Å². The summed E-state index contributed by atoms with van der Waals surface area (Å²) < 4.78 is 0. The Morgan fingerprint density at radius 2 is 1.48 bits per heavy atom. The molecule has 0 saturated carbocycles. The molecule has 0 saturated heterocycles. The first-order valence-electron chi connectivity index (χ1n) is 7.39. The topological polar surface area (TPSA) is 43.1 Å². The summed E-state index contributed by atoms with van der Waals surface area (Å²) >= 11 is 6.60. The highest BCUT2D eigenvalue weighted by molar-refractivity contribution is 6.65. The van der Waals surface area contributed by atoms with Crippen LogP contribution in [-0.2, 0) is 10.3 Å². The number of carbonyl (C=O) groups excluding carboxylic acids is 1. The number of Topliss-reactive ketones (excluding diaryl/α,β-unsaturated/α-hetero) is 1. The molecule has 1 aromatic rings. The van der Waals surface area contributed by atoms with Crippen LogP contribution in [-0.4, -0.2) is 52.9 Å². The van der Waals surface area contributed by atoms with Crippen molar-refractivity contribution in [1.82, 2.24) is 0 Å². The van der Waals surface area contributed by atoms with E-state index in [0.717, 1.165) is 33.9 Å². The molecule has 0 radical (unpaired) electrons. The van der Waals surface area contributed by atoms with E-state index in [9.17, 15) is 4.79 Å². The van der Waals surface area contributed by atoms with Crippen LogP contribution in [0.4, 0.5) is 0 Å². The zero-order chi connectivity index (χ0) is 16.1. The van der Waals surface area contributed by atoms with Crippen LogP contribution < -0.4 is 27.6 Å². The van der Waals surface area contributed by atoms with E-state index in [1.54, 1.807) is 0 Å². The number of carbonyl (C=O) groups is 1. The van der Waals surface area contributed by atoms with Gasteiger partial charge in [0.2, 0.25) is 0 Å². The van der Waals surface area contributed by atoms with Crippen molar-refractivity contribution in [2.75, 3.05) is 0 Å². The van der Waals surface area contributed by atoms with Crippen molar-refractivity contribution < 1.29 is 4.79 Å². The lowest BCUT2D eigenvalue weighted by Crippen LogP contribution is -2.57. The maximum Gasteiger partial charge on any atom is 0.172 e. The van der Waals surface area contributed by atoms with Crippen LogP contribution >= 0.6 is 11.6 Å². The van der Waals surface area contributed by atoms with Crippen molar-refractivity contribution in [2.45, 2.75) is 18.4 Å². The molecule has 0 aromatic heterocycles. The van der Waals surface area contributed by atoms with E-state index in [2.05, 4.69) is 15.7 Å². The number of rotatable bonds is 1. The maximum atomic E-state index is 12.8. The van der Waals surface area contributed by atoms with Gasteiger partial charge in [-0.05, 0) is 18.4 Å². The molecule has 2 nitrogen and oxygen atoms in total. The van der Waals surface area contributed by atoms with Crippen LogP contribution in [0.3, 0.4) is 0 Å². The van der Waals surface area contributed by atoms with Crippen molar-refractivity contribution in [3.8, 4) is 0 Å². The van der Waals surface area contributed by atoms with Crippen molar-refractivity contribution >= 4 is 86.3 Å². The second-order valence-electron chi connectivity index (χ2n) is 6.39. The molecule has 1 atom stereocenters. The molecule has 0 bridgehead atoms. The van der Waals surface area contributed by atoms with E-state index in [-0.39, 0.29) is 5.78 Å². The number of allylic oxidation sites excluding steroid dienone is 1. The molecule has 1 unspecified atom stereocenters. The fraction of sp³-hybridized carbons (Fsp3) is 0.250. The molecule has 1 aliphatic carbocycles. The van der Waals surface area contributed by atoms with E-state index in [0.29, 0.717) is 11.4 Å². The summed E-state index contributed by atoms with van der Waals surface area (Å²) in [6.07, 6.45) is 1.47. The summed E-state index contributed by atoms with van der Waals surface area (Å²) in [4.78, 5) is 12.8. The molecule has 0 fully saturated rings. The molecule has 21 heavy (non-hydrogen) atoms. The fourth-order valence-electron chi connectivity index (χ4n) is 3.25. The first-order chi connectivity index (χ1) is 9.62. The molecule has 102 valence electrons. The van der Waals surface area contributed by atoms with Crippen LogP contribution in [0.25, 0.3) is 0 Å². The SMILES string of the molecule is BC1=C(B)C(=O)C(N)(c2c(B)c(B)c(B)c(B)c2Cl)CC1. The van der Waals surface area contributed by atoms with Crippen molar-refractivity contribution in [2.24, 2.45) is 5.73 Å². The molecule has 0 aliphatic heterocycles. The lowest BCUT2D eigenvalue weighted by atomic mass is 9.58. The first kappa shape index (κ1) is 16.6. The zero-order valence-corrected chi connectivity index (χ0v) is 14.5. The molecule has 1 aliphatic rings. The summed E-state index contributed by atoms with van der Waals surface area (Å²) in [7, 11) is 12.0. The first-order valence-corrected chi connectivity index (χ1v) is 7.77. The molecule has 2 rings (SSSR count). The highest BCUT2D eigenvalue weighted by atomic mass is 35.5. The minimum Gasteiger partial charge on any atom is -0.315 e. The van der Waals surface area contributed by atoms with Gasteiger partial charge < -0.3 is 5.73 Å². The standard InChI is InChI=1S/C12H18B6ClNO/c13-3-1-2-12(20,11(21)5(3)14)4-6(15)7(16)8(17)9(18)10(4)19/h1-2,13-18,20H2. The third-order valence-electron chi connectivity index (χ3n) is 5.34. The summed E-state index contributed by atoms with van der Waals surface area (Å²) in [6.45, 7) is 0. The van der Waals surface area contributed by atoms with Crippen LogP contribution in [0, 0.1) is 0 Å². The van der Waals surface area contributed by atoms with Gasteiger partial charge in [0.15, 0.2) is 5.78 Å². The highest BCUT2D eigenvalue weighted by Crippen LogP contribution is 2.34. The molecule has 0 amide bonds. The average molecular weight is 293 g/mol. The van der Waals surface area contributed by atoms with Crippen LogP contribution in [0.1, 0.15) is 18.4 Å². The summed E-state index contributed by atoms with van der Waals surface area (Å²) in [5.41, 5.74) is 12.8. The van der Waals surface area contributed by atoms with Gasteiger partial charge in [-0.2, -0.15) is 0 Å².